The summed E-state index contributed by atoms with van der Waals surface area (Å²) in [6.45, 7) is 4.82. The molecule has 1 aliphatic rings. The fourth-order valence-electron chi connectivity index (χ4n) is 2.94. The molecule has 1 saturated carbocycles. The average Bonchev–Trinajstić information content (AvgIpc) is 2.43. The second kappa shape index (κ2) is 6.46. The maximum absolute atomic E-state index is 12.6. The van der Waals surface area contributed by atoms with Gasteiger partial charge < -0.3 is 5.32 Å². The fraction of sp³-hybridized carbons (Fsp3) is 0.625. The van der Waals surface area contributed by atoms with Crippen LogP contribution in [-0.2, 0) is 23.0 Å². The molecule has 2 rings (SSSR count). The van der Waals surface area contributed by atoms with E-state index in [2.05, 4.69) is 17.0 Å². The summed E-state index contributed by atoms with van der Waals surface area (Å²) < 4.78 is 28.2. The summed E-state index contributed by atoms with van der Waals surface area (Å²) in [6, 6.07) is 5.46. The Bertz CT molecular complexity index is 587. The predicted octanol–water partition coefficient (Wildman–Crippen LogP) is 2.58. The number of benzene rings is 1. The van der Waals surface area contributed by atoms with Gasteiger partial charge in [0.1, 0.15) is 0 Å². The lowest BCUT2D eigenvalue weighted by Gasteiger charge is -2.41. The summed E-state index contributed by atoms with van der Waals surface area (Å²) in [5.41, 5.74) is 2.03. The molecule has 1 aromatic carbocycles. The monoisotopic (exact) mass is 310 g/mol. The second-order valence-electron chi connectivity index (χ2n) is 5.91. The van der Waals surface area contributed by atoms with E-state index in [0.29, 0.717) is 11.4 Å². The van der Waals surface area contributed by atoms with Crippen LogP contribution in [0.25, 0.3) is 0 Å². The smallest absolute Gasteiger partial charge is 0.241 e. The summed E-state index contributed by atoms with van der Waals surface area (Å²) >= 11 is 0. The zero-order chi connectivity index (χ0) is 15.5. The van der Waals surface area contributed by atoms with Crippen LogP contribution in [0.2, 0.25) is 0 Å². The molecule has 0 saturated heterocycles. The number of aryl methyl sites for hydroxylation is 1. The number of nitrogens with one attached hydrogen (secondary N) is 2. The summed E-state index contributed by atoms with van der Waals surface area (Å²) in [5.74, 6) is 0. The third-order valence-electron chi connectivity index (χ3n) is 4.57. The number of rotatable bonds is 7. The molecule has 0 aromatic heterocycles. The minimum atomic E-state index is -3.43. The molecule has 0 heterocycles. The maximum atomic E-state index is 12.6. The number of sulfonamides is 1. The van der Waals surface area contributed by atoms with Crippen molar-refractivity contribution in [2.75, 3.05) is 7.05 Å². The maximum Gasteiger partial charge on any atom is 0.241 e. The lowest BCUT2D eigenvalue weighted by Crippen LogP contribution is -2.52. The molecule has 0 spiro atoms. The summed E-state index contributed by atoms with van der Waals surface area (Å²) in [6.07, 6.45) is 4.75. The van der Waals surface area contributed by atoms with Gasteiger partial charge in [0, 0.05) is 12.1 Å². The zero-order valence-electron chi connectivity index (χ0n) is 13.2. The Labute approximate surface area is 128 Å². The van der Waals surface area contributed by atoms with Gasteiger partial charge in [0.05, 0.1) is 4.90 Å². The van der Waals surface area contributed by atoms with Crippen molar-refractivity contribution in [1.82, 2.24) is 10.0 Å². The van der Waals surface area contributed by atoms with Crippen LogP contribution in [0, 0.1) is 0 Å². The zero-order valence-corrected chi connectivity index (χ0v) is 14.0. The average molecular weight is 310 g/mol. The Kier molecular flexibility index (Phi) is 5.07. The third-order valence-corrected chi connectivity index (χ3v) is 6.15. The Hall–Kier alpha value is -0.910. The summed E-state index contributed by atoms with van der Waals surface area (Å²) in [5, 5.41) is 3.10. The quantitative estimate of drug-likeness (QED) is 0.814. The standard InChI is InChI=1S/C16H26N2O2S/c1-4-13-7-8-15(11-14(13)12-17-3)21(19,20)18-16(5-2)9-6-10-16/h7-8,11,17-18H,4-6,9-10,12H2,1-3H3. The van der Waals surface area contributed by atoms with Gasteiger partial charge in [-0.05, 0) is 62.4 Å². The van der Waals surface area contributed by atoms with Crippen LogP contribution in [0.15, 0.2) is 23.1 Å². The Balaban J connectivity index is 2.29. The first-order chi connectivity index (χ1) is 9.96. The predicted molar refractivity (Wildman–Crippen MR) is 85.8 cm³/mol. The van der Waals surface area contributed by atoms with Gasteiger partial charge in [-0.1, -0.05) is 19.9 Å². The van der Waals surface area contributed by atoms with Gasteiger partial charge in [0.2, 0.25) is 10.0 Å². The first kappa shape index (κ1) is 16.5. The minimum Gasteiger partial charge on any atom is -0.316 e. The molecule has 5 heteroatoms. The van der Waals surface area contributed by atoms with E-state index < -0.39 is 10.0 Å². The molecule has 2 N–H and O–H groups in total. The highest BCUT2D eigenvalue weighted by Crippen LogP contribution is 2.36. The van der Waals surface area contributed by atoms with Crippen LogP contribution < -0.4 is 10.0 Å². The number of hydrogen-bond donors (Lipinski definition) is 2. The highest BCUT2D eigenvalue weighted by atomic mass is 32.2. The van der Waals surface area contributed by atoms with Crippen LogP contribution in [0.5, 0.6) is 0 Å². The normalized spacial score (nSPS) is 17.5. The van der Waals surface area contributed by atoms with Crippen LogP contribution >= 0.6 is 0 Å². The lowest BCUT2D eigenvalue weighted by molar-refractivity contribution is 0.214. The van der Waals surface area contributed by atoms with Crippen molar-refractivity contribution in [3.63, 3.8) is 0 Å². The third kappa shape index (κ3) is 3.47. The molecule has 1 aromatic rings. The van der Waals surface area contributed by atoms with E-state index in [1.165, 1.54) is 5.56 Å². The van der Waals surface area contributed by atoms with Gasteiger partial charge in [-0.3, -0.25) is 0 Å². The van der Waals surface area contributed by atoms with Crippen LogP contribution in [0.1, 0.15) is 50.7 Å². The van der Waals surface area contributed by atoms with E-state index in [9.17, 15) is 8.42 Å². The molecular weight excluding hydrogens is 284 g/mol. The van der Waals surface area contributed by atoms with E-state index in [-0.39, 0.29) is 5.54 Å². The Morgan fingerprint density at radius 1 is 1.19 bits per heavy atom. The van der Waals surface area contributed by atoms with Crippen molar-refractivity contribution in [3.05, 3.63) is 29.3 Å². The molecule has 118 valence electrons. The first-order valence-corrected chi connectivity index (χ1v) is 9.25. The number of hydrogen-bond acceptors (Lipinski definition) is 3. The lowest BCUT2D eigenvalue weighted by atomic mass is 9.76. The highest BCUT2D eigenvalue weighted by molar-refractivity contribution is 7.89. The molecular formula is C16H26N2O2S. The van der Waals surface area contributed by atoms with Gasteiger partial charge in [0.25, 0.3) is 0 Å². The van der Waals surface area contributed by atoms with Gasteiger partial charge in [0.15, 0.2) is 0 Å². The summed E-state index contributed by atoms with van der Waals surface area (Å²) in [4.78, 5) is 0.379. The Morgan fingerprint density at radius 2 is 1.90 bits per heavy atom. The van der Waals surface area contributed by atoms with Crippen molar-refractivity contribution in [2.24, 2.45) is 0 Å². The molecule has 1 aliphatic carbocycles. The fourth-order valence-corrected chi connectivity index (χ4v) is 4.53. The topological polar surface area (TPSA) is 58.2 Å². The summed E-state index contributed by atoms with van der Waals surface area (Å²) in [7, 11) is -1.56. The van der Waals surface area contributed by atoms with E-state index in [1.807, 2.05) is 20.0 Å². The molecule has 4 nitrogen and oxygen atoms in total. The SMILES string of the molecule is CCc1ccc(S(=O)(=O)NC2(CC)CCC2)cc1CNC. The largest absolute Gasteiger partial charge is 0.316 e. The van der Waals surface area contributed by atoms with Crippen LogP contribution in [0.3, 0.4) is 0 Å². The van der Waals surface area contributed by atoms with Crippen molar-refractivity contribution in [3.8, 4) is 0 Å². The van der Waals surface area contributed by atoms with Crippen LogP contribution in [-0.4, -0.2) is 21.0 Å². The van der Waals surface area contributed by atoms with E-state index in [1.54, 1.807) is 12.1 Å². The van der Waals surface area contributed by atoms with Crippen molar-refractivity contribution in [2.45, 2.75) is 62.9 Å². The first-order valence-electron chi connectivity index (χ1n) is 7.77. The van der Waals surface area contributed by atoms with Gasteiger partial charge in [-0.25, -0.2) is 13.1 Å². The minimum absolute atomic E-state index is 0.217. The second-order valence-corrected chi connectivity index (χ2v) is 7.59. The molecule has 0 unspecified atom stereocenters. The van der Waals surface area contributed by atoms with E-state index >= 15 is 0 Å². The molecule has 0 bridgehead atoms. The molecule has 21 heavy (non-hydrogen) atoms. The van der Waals surface area contributed by atoms with E-state index in [4.69, 9.17) is 0 Å². The molecule has 0 amide bonds. The van der Waals surface area contributed by atoms with Crippen molar-refractivity contribution >= 4 is 10.0 Å². The molecule has 1 fully saturated rings. The molecule has 0 atom stereocenters. The molecule has 0 radical (unpaired) electrons. The van der Waals surface area contributed by atoms with Gasteiger partial charge >= 0.3 is 0 Å². The highest BCUT2D eigenvalue weighted by Gasteiger charge is 2.39. The van der Waals surface area contributed by atoms with Crippen LogP contribution in [0.4, 0.5) is 0 Å². The van der Waals surface area contributed by atoms with Gasteiger partial charge in [-0.2, -0.15) is 0 Å². The van der Waals surface area contributed by atoms with Gasteiger partial charge in [-0.15, -0.1) is 0 Å². The van der Waals surface area contributed by atoms with E-state index in [0.717, 1.165) is 37.7 Å². The molecule has 0 aliphatic heterocycles. The van der Waals surface area contributed by atoms with Crippen molar-refractivity contribution < 1.29 is 8.42 Å². The van der Waals surface area contributed by atoms with Crippen molar-refractivity contribution in [1.29, 1.82) is 0 Å². The Morgan fingerprint density at radius 3 is 2.38 bits per heavy atom.